The van der Waals surface area contributed by atoms with Gasteiger partial charge in [-0.25, -0.2) is 0 Å². The highest BCUT2D eigenvalue weighted by molar-refractivity contribution is 7.19. The van der Waals surface area contributed by atoms with Crippen LogP contribution in [0.5, 0.6) is 0 Å². The molecule has 1 fully saturated rings. The van der Waals surface area contributed by atoms with Crippen molar-refractivity contribution in [3.05, 3.63) is 140 Å². The summed E-state index contributed by atoms with van der Waals surface area (Å²) in [5, 5.41) is -0.359. The number of rotatable bonds is 6. The van der Waals surface area contributed by atoms with Crippen molar-refractivity contribution >= 4 is 18.5 Å². The van der Waals surface area contributed by atoms with E-state index in [9.17, 15) is 0 Å². The zero-order chi connectivity index (χ0) is 29.0. The van der Waals surface area contributed by atoms with Gasteiger partial charge in [0.05, 0.1) is 0 Å². The molecule has 208 valence electrons. The lowest BCUT2D eigenvalue weighted by molar-refractivity contribution is 0.109. The highest BCUT2D eigenvalue weighted by atomic mass is 31.0. The first-order valence-electron chi connectivity index (χ1n) is 14.8. The summed E-state index contributed by atoms with van der Waals surface area (Å²) in [7, 11) is 6.83. The lowest BCUT2D eigenvalue weighted by Crippen LogP contribution is -2.50. The van der Waals surface area contributed by atoms with Crippen molar-refractivity contribution in [2.75, 3.05) is 0 Å². The van der Waals surface area contributed by atoms with Crippen LogP contribution in [-0.2, 0) is 10.3 Å². The van der Waals surface area contributed by atoms with Gasteiger partial charge in [0.2, 0.25) is 0 Å². The fraction of sp³-hybridized carbons (Fsp3) is 0.368. The molecule has 0 aliphatic heterocycles. The van der Waals surface area contributed by atoms with E-state index in [0.717, 1.165) is 0 Å². The van der Waals surface area contributed by atoms with E-state index in [0.29, 0.717) is 11.8 Å². The van der Waals surface area contributed by atoms with Crippen LogP contribution in [0.2, 0.25) is 0 Å². The minimum Gasteiger partial charge on any atom is -0.121 e. The molecule has 2 heteroatoms. The van der Waals surface area contributed by atoms with E-state index in [4.69, 9.17) is 0 Å². The van der Waals surface area contributed by atoms with Gasteiger partial charge in [0.15, 0.2) is 0 Å². The Morgan fingerprint density at radius 1 is 0.400 bits per heavy atom. The molecule has 4 atom stereocenters. The molecule has 5 rings (SSSR count). The summed E-state index contributed by atoms with van der Waals surface area (Å²) in [4.78, 5) is 0. The van der Waals surface area contributed by atoms with Crippen LogP contribution in [0.4, 0.5) is 0 Å². The second kappa shape index (κ2) is 10.9. The summed E-state index contributed by atoms with van der Waals surface area (Å²) in [6.07, 6.45) is 2.42. The molecule has 1 aliphatic rings. The smallest absolute Gasteiger partial charge is 0.0375 e. The first kappa shape index (κ1) is 29.2. The first-order valence-corrected chi connectivity index (χ1v) is 15.9. The van der Waals surface area contributed by atoms with Gasteiger partial charge in [-0.2, -0.15) is 0 Å². The Labute approximate surface area is 247 Å². The fourth-order valence-electron chi connectivity index (χ4n) is 6.77. The van der Waals surface area contributed by atoms with E-state index in [-0.39, 0.29) is 10.3 Å². The van der Waals surface area contributed by atoms with Crippen molar-refractivity contribution in [3.63, 3.8) is 0 Å². The van der Waals surface area contributed by atoms with Crippen LogP contribution in [0, 0.1) is 67.2 Å². The van der Waals surface area contributed by atoms with E-state index in [2.05, 4.69) is 147 Å². The molecule has 0 heterocycles. The molecule has 0 nitrogen and oxygen atoms in total. The molecule has 4 aromatic rings. The Kier molecular flexibility index (Phi) is 7.94. The Hall–Kier alpha value is -2.26. The van der Waals surface area contributed by atoms with Gasteiger partial charge in [0.1, 0.15) is 0 Å². The normalized spacial score (nSPS) is 17.6. The number of aryl methyl sites for hydroxylation is 8. The van der Waals surface area contributed by atoms with Crippen molar-refractivity contribution in [3.8, 4) is 0 Å². The molecular weight excluding hydrogens is 518 g/mol. The molecule has 40 heavy (non-hydrogen) atoms. The molecule has 0 radical (unpaired) electrons. The third-order valence-corrected chi connectivity index (χ3v) is 12.6. The van der Waals surface area contributed by atoms with E-state index in [1.165, 1.54) is 79.6 Å². The van der Waals surface area contributed by atoms with Gasteiger partial charge < -0.3 is 0 Å². The minimum absolute atomic E-state index is 0.179. The summed E-state index contributed by atoms with van der Waals surface area (Å²) in [6, 6.07) is 28.6. The minimum atomic E-state index is -0.179. The van der Waals surface area contributed by atoms with Gasteiger partial charge in [-0.15, -0.1) is 18.5 Å². The van der Waals surface area contributed by atoms with Gasteiger partial charge in [0.25, 0.3) is 0 Å². The van der Waals surface area contributed by atoms with Crippen LogP contribution in [0.3, 0.4) is 0 Å². The maximum atomic E-state index is 3.41. The molecule has 4 unspecified atom stereocenters. The summed E-state index contributed by atoms with van der Waals surface area (Å²) < 4.78 is 0. The molecule has 0 bridgehead atoms. The zero-order valence-electron chi connectivity index (χ0n) is 25.7. The third kappa shape index (κ3) is 4.81. The van der Waals surface area contributed by atoms with E-state index >= 15 is 0 Å². The Morgan fingerprint density at radius 3 is 0.800 bits per heavy atom. The number of hydrogen-bond donors (Lipinski definition) is 0. The summed E-state index contributed by atoms with van der Waals surface area (Å²) in [5.41, 5.74) is 16.5. The van der Waals surface area contributed by atoms with E-state index in [1.807, 2.05) is 0 Å². The van der Waals surface area contributed by atoms with Gasteiger partial charge in [-0.3, -0.25) is 0 Å². The van der Waals surface area contributed by atoms with Crippen molar-refractivity contribution in [1.82, 2.24) is 0 Å². The topological polar surface area (TPSA) is 0 Å². The molecule has 0 saturated heterocycles. The maximum absolute atomic E-state index is 3.41. The molecule has 0 amide bonds. The highest BCUT2D eigenvalue weighted by Crippen LogP contribution is 2.64. The first-order chi connectivity index (χ1) is 18.9. The highest BCUT2D eigenvalue weighted by Gasteiger charge is 2.54. The van der Waals surface area contributed by atoms with E-state index < -0.39 is 0 Å². The molecule has 4 aromatic carbocycles. The maximum Gasteiger partial charge on any atom is 0.0375 e. The van der Waals surface area contributed by atoms with Crippen molar-refractivity contribution in [2.45, 2.75) is 78.5 Å². The summed E-state index contributed by atoms with van der Waals surface area (Å²) in [5.74, 6) is 0.921. The summed E-state index contributed by atoms with van der Waals surface area (Å²) in [6.45, 7) is 17.9. The van der Waals surface area contributed by atoms with Gasteiger partial charge in [-0.05, 0) is 147 Å². The predicted molar refractivity (Wildman–Crippen MR) is 181 cm³/mol. The molecule has 0 spiro atoms. The average Bonchev–Trinajstić information content (AvgIpc) is 2.89. The van der Waals surface area contributed by atoms with Gasteiger partial charge >= 0.3 is 0 Å². The fourth-order valence-corrected chi connectivity index (χ4v) is 8.29. The third-order valence-electron chi connectivity index (χ3n) is 10.4. The Morgan fingerprint density at radius 2 is 0.625 bits per heavy atom. The summed E-state index contributed by atoms with van der Waals surface area (Å²) >= 11 is 0. The number of benzene rings is 4. The molecule has 0 aromatic heterocycles. The Balaban J connectivity index is 1.74. The lowest BCUT2D eigenvalue weighted by Gasteiger charge is -2.56. The van der Waals surface area contributed by atoms with E-state index in [1.54, 1.807) is 0 Å². The zero-order valence-corrected chi connectivity index (χ0v) is 28.0. The standard InChI is InChI=1S/C38H46P2/c1-23-9-13-31(19-27(23)5)37(39,32-14-10-24(2)28(6)20-32)35-17-18-36(35)38(40,33-15-11-25(3)29(7)21-33)34-16-12-26(4)30(8)22-34/h9-16,19-22,35-36H,17-18,39-40H2,1-8H3. The second-order valence-electron chi connectivity index (χ2n) is 12.7. The lowest BCUT2D eigenvalue weighted by atomic mass is 9.56. The van der Waals surface area contributed by atoms with Crippen molar-refractivity contribution in [1.29, 1.82) is 0 Å². The second-order valence-corrected chi connectivity index (χ2v) is 14.5. The van der Waals surface area contributed by atoms with Crippen LogP contribution in [0.15, 0.2) is 72.8 Å². The van der Waals surface area contributed by atoms with Crippen LogP contribution < -0.4 is 0 Å². The largest absolute Gasteiger partial charge is 0.121 e. The van der Waals surface area contributed by atoms with Crippen molar-refractivity contribution < 1.29 is 0 Å². The number of hydrogen-bond acceptors (Lipinski definition) is 0. The monoisotopic (exact) mass is 564 g/mol. The quantitative estimate of drug-likeness (QED) is 0.204. The van der Waals surface area contributed by atoms with Crippen LogP contribution in [0.1, 0.15) is 79.6 Å². The SMILES string of the molecule is Cc1ccc(C(P)(c2ccc(C)c(C)c2)C2CCC2C(P)(c2ccc(C)c(C)c2)c2ccc(C)c(C)c2)cc1C. The van der Waals surface area contributed by atoms with Gasteiger partial charge in [0, 0.05) is 10.3 Å². The van der Waals surface area contributed by atoms with Crippen LogP contribution >= 0.6 is 18.5 Å². The van der Waals surface area contributed by atoms with Gasteiger partial charge in [-0.1, -0.05) is 72.8 Å². The van der Waals surface area contributed by atoms with Crippen LogP contribution in [-0.4, -0.2) is 0 Å². The predicted octanol–water partition coefficient (Wildman–Crippen LogP) is 10.1. The van der Waals surface area contributed by atoms with Crippen LogP contribution in [0.25, 0.3) is 0 Å². The molecule has 1 aliphatic carbocycles. The average molecular weight is 565 g/mol. The molecule has 0 N–H and O–H groups in total. The van der Waals surface area contributed by atoms with Crippen molar-refractivity contribution in [2.24, 2.45) is 11.8 Å². The Bertz CT molecular complexity index is 1350. The molecular formula is C38H46P2. The molecule has 1 saturated carbocycles.